The number of ketones is 1. The lowest BCUT2D eigenvalue weighted by Gasteiger charge is -2.01. The zero-order valence-electron chi connectivity index (χ0n) is 6.50. The van der Waals surface area contributed by atoms with Crippen LogP contribution in [-0.2, 0) is 6.54 Å². The monoisotopic (exact) mass is 174 g/mol. The number of nitrogens with zero attached hydrogens (tertiary/aromatic N) is 2. The smallest absolute Gasteiger partial charge is 0.302 e. The van der Waals surface area contributed by atoms with E-state index in [1.165, 1.54) is 10.9 Å². The third kappa shape index (κ3) is 1.49. The van der Waals surface area contributed by atoms with Gasteiger partial charge in [0.25, 0.3) is 0 Å². The molecule has 0 unspecified atom stereocenters. The van der Waals surface area contributed by atoms with Crippen LogP contribution in [0.3, 0.4) is 0 Å². The molecule has 0 spiro atoms. The molecule has 3 nitrogen and oxygen atoms in total. The topological polar surface area (TPSA) is 34.9 Å². The fourth-order valence-electron chi connectivity index (χ4n) is 0.890. The molecule has 0 fully saturated rings. The fourth-order valence-corrected chi connectivity index (χ4v) is 0.890. The van der Waals surface area contributed by atoms with Gasteiger partial charge < -0.3 is 4.57 Å². The standard InChI is InChI=1S/C7H8F2N2O/c1-2-11-4-10-3-5(11)6(12)7(8)9/h3-4,7H,2H2,1H3. The summed E-state index contributed by atoms with van der Waals surface area (Å²) < 4.78 is 25.2. The minimum absolute atomic E-state index is 0.0347. The SMILES string of the molecule is CCn1cncc1C(=O)C(F)F. The second kappa shape index (κ2) is 3.42. The Kier molecular flexibility index (Phi) is 2.52. The zero-order chi connectivity index (χ0) is 9.14. The third-order valence-corrected chi connectivity index (χ3v) is 1.50. The lowest BCUT2D eigenvalue weighted by Crippen LogP contribution is -2.14. The average molecular weight is 174 g/mol. The maximum absolute atomic E-state index is 11.9. The summed E-state index contributed by atoms with van der Waals surface area (Å²) in [6, 6.07) is 0. The van der Waals surface area contributed by atoms with Crippen LogP contribution in [0, 0.1) is 0 Å². The molecule has 66 valence electrons. The van der Waals surface area contributed by atoms with Crippen LogP contribution in [0.5, 0.6) is 0 Å². The van der Waals surface area contributed by atoms with Crippen LogP contribution in [0.2, 0.25) is 0 Å². The molecule has 0 radical (unpaired) electrons. The van der Waals surface area contributed by atoms with Gasteiger partial charge in [0.2, 0.25) is 5.78 Å². The molecule has 0 saturated heterocycles. The van der Waals surface area contributed by atoms with Gasteiger partial charge in [-0.2, -0.15) is 0 Å². The fraction of sp³-hybridized carbons (Fsp3) is 0.429. The Morgan fingerprint density at radius 3 is 2.92 bits per heavy atom. The molecule has 0 N–H and O–H groups in total. The molecule has 0 aliphatic heterocycles. The minimum Gasteiger partial charge on any atom is -0.328 e. The second-order valence-corrected chi connectivity index (χ2v) is 2.23. The van der Waals surface area contributed by atoms with E-state index in [-0.39, 0.29) is 5.69 Å². The van der Waals surface area contributed by atoms with Gasteiger partial charge in [-0.1, -0.05) is 0 Å². The van der Waals surface area contributed by atoms with Gasteiger partial charge in [0.15, 0.2) is 0 Å². The van der Waals surface area contributed by atoms with Gasteiger partial charge in [-0.25, -0.2) is 13.8 Å². The van der Waals surface area contributed by atoms with Crippen LogP contribution < -0.4 is 0 Å². The Hall–Kier alpha value is -1.26. The van der Waals surface area contributed by atoms with Gasteiger partial charge >= 0.3 is 6.43 Å². The summed E-state index contributed by atoms with van der Waals surface area (Å²) in [4.78, 5) is 14.4. The van der Waals surface area contributed by atoms with Gasteiger partial charge in [0, 0.05) is 6.54 Å². The highest BCUT2D eigenvalue weighted by Gasteiger charge is 2.20. The number of carbonyl (C=O) groups excluding carboxylic acids is 1. The largest absolute Gasteiger partial charge is 0.328 e. The van der Waals surface area contributed by atoms with E-state index in [0.29, 0.717) is 6.54 Å². The summed E-state index contributed by atoms with van der Waals surface area (Å²) in [5, 5.41) is 0. The van der Waals surface area contributed by atoms with E-state index in [9.17, 15) is 13.6 Å². The molecule has 0 amide bonds. The molecule has 12 heavy (non-hydrogen) atoms. The highest BCUT2D eigenvalue weighted by molar-refractivity contribution is 5.96. The lowest BCUT2D eigenvalue weighted by molar-refractivity contribution is 0.0668. The van der Waals surface area contributed by atoms with Crippen molar-refractivity contribution < 1.29 is 13.6 Å². The predicted octanol–water partition coefficient (Wildman–Crippen LogP) is 1.35. The summed E-state index contributed by atoms with van der Waals surface area (Å²) in [7, 11) is 0. The first kappa shape index (κ1) is 8.83. The molecule has 0 aromatic carbocycles. The zero-order valence-corrected chi connectivity index (χ0v) is 6.50. The summed E-state index contributed by atoms with van der Waals surface area (Å²) >= 11 is 0. The Bertz CT molecular complexity index is 283. The molecular formula is C7H8F2N2O. The summed E-state index contributed by atoms with van der Waals surface area (Å²) in [6.45, 7) is 2.22. The van der Waals surface area contributed by atoms with Crippen LogP contribution in [0.4, 0.5) is 8.78 Å². The first-order valence-electron chi connectivity index (χ1n) is 3.49. The molecule has 1 rings (SSSR count). The molecule has 1 aromatic rings. The van der Waals surface area contributed by atoms with Crippen molar-refractivity contribution >= 4 is 5.78 Å². The molecule has 0 aliphatic carbocycles. The van der Waals surface area contributed by atoms with Crippen molar-refractivity contribution in [1.82, 2.24) is 9.55 Å². The number of halogens is 2. The van der Waals surface area contributed by atoms with Crippen molar-refractivity contribution in [2.75, 3.05) is 0 Å². The highest BCUT2D eigenvalue weighted by Crippen LogP contribution is 2.06. The number of hydrogen-bond donors (Lipinski definition) is 0. The summed E-state index contributed by atoms with van der Waals surface area (Å²) in [5.41, 5.74) is -0.0347. The number of hydrogen-bond acceptors (Lipinski definition) is 2. The van der Waals surface area contributed by atoms with Crippen LogP contribution in [0.15, 0.2) is 12.5 Å². The Labute approximate surface area is 68.0 Å². The van der Waals surface area contributed by atoms with Crippen molar-refractivity contribution in [3.05, 3.63) is 18.2 Å². The van der Waals surface area contributed by atoms with Gasteiger partial charge in [0.05, 0.1) is 12.5 Å². The number of aromatic nitrogens is 2. The van der Waals surface area contributed by atoms with E-state index >= 15 is 0 Å². The van der Waals surface area contributed by atoms with E-state index < -0.39 is 12.2 Å². The first-order valence-corrected chi connectivity index (χ1v) is 3.49. The summed E-state index contributed by atoms with van der Waals surface area (Å²) in [6.07, 6.45) is -0.444. The van der Waals surface area contributed by atoms with Crippen LogP contribution in [0.25, 0.3) is 0 Å². The molecule has 1 heterocycles. The second-order valence-electron chi connectivity index (χ2n) is 2.23. The van der Waals surface area contributed by atoms with E-state index in [0.717, 1.165) is 6.20 Å². The summed E-state index contributed by atoms with van der Waals surface area (Å²) in [5.74, 6) is -1.17. The van der Waals surface area contributed by atoms with E-state index in [1.54, 1.807) is 6.92 Å². The highest BCUT2D eigenvalue weighted by atomic mass is 19.3. The Morgan fingerprint density at radius 1 is 1.75 bits per heavy atom. The van der Waals surface area contributed by atoms with Crippen molar-refractivity contribution in [3.63, 3.8) is 0 Å². The minimum atomic E-state index is -2.95. The predicted molar refractivity (Wildman–Crippen MR) is 38.2 cm³/mol. The maximum Gasteiger partial charge on any atom is 0.302 e. The van der Waals surface area contributed by atoms with Crippen LogP contribution in [-0.4, -0.2) is 21.8 Å². The normalized spacial score (nSPS) is 10.7. The van der Waals surface area contributed by atoms with E-state index in [2.05, 4.69) is 4.98 Å². The van der Waals surface area contributed by atoms with Gasteiger partial charge in [-0.15, -0.1) is 0 Å². The van der Waals surface area contributed by atoms with E-state index in [4.69, 9.17) is 0 Å². The van der Waals surface area contributed by atoms with Gasteiger partial charge in [-0.3, -0.25) is 4.79 Å². The molecule has 1 aromatic heterocycles. The Balaban J connectivity index is 2.94. The van der Waals surface area contributed by atoms with Crippen molar-refractivity contribution in [3.8, 4) is 0 Å². The molecule has 0 bridgehead atoms. The quantitative estimate of drug-likeness (QED) is 0.648. The van der Waals surface area contributed by atoms with Crippen molar-refractivity contribution in [2.24, 2.45) is 0 Å². The van der Waals surface area contributed by atoms with Crippen molar-refractivity contribution in [2.45, 2.75) is 19.9 Å². The van der Waals surface area contributed by atoms with Crippen molar-refractivity contribution in [1.29, 1.82) is 0 Å². The number of aryl methyl sites for hydroxylation is 1. The van der Waals surface area contributed by atoms with E-state index in [1.807, 2.05) is 0 Å². The molecular weight excluding hydrogens is 166 g/mol. The number of carbonyl (C=O) groups is 1. The van der Waals surface area contributed by atoms with Gasteiger partial charge in [0.1, 0.15) is 5.69 Å². The average Bonchev–Trinajstić information content (AvgIpc) is 2.49. The van der Waals surface area contributed by atoms with Crippen LogP contribution in [0.1, 0.15) is 17.4 Å². The third-order valence-electron chi connectivity index (χ3n) is 1.50. The lowest BCUT2D eigenvalue weighted by atomic mass is 10.3. The molecule has 0 aliphatic rings. The van der Waals surface area contributed by atoms with Gasteiger partial charge in [-0.05, 0) is 6.92 Å². The van der Waals surface area contributed by atoms with Crippen LogP contribution >= 0.6 is 0 Å². The maximum atomic E-state index is 11.9. The number of Topliss-reactive ketones (excluding diaryl/α,β-unsaturated/α-hetero) is 1. The molecule has 0 atom stereocenters. The number of imidazole rings is 1. The molecule has 5 heteroatoms. The first-order chi connectivity index (χ1) is 5.66. The Morgan fingerprint density at radius 2 is 2.42 bits per heavy atom. The molecule has 0 saturated carbocycles. The number of rotatable bonds is 3. The number of alkyl halides is 2.